The van der Waals surface area contributed by atoms with Gasteiger partial charge in [-0.25, -0.2) is 9.18 Å². The molecule has 0 fully saturated rings. The maximum atomic E-state index is 14.1. The second kappa shape index (κ2) is 10.3. The molecule has 7 heteroatoms. The quantitative estimate of drug-likeness (QED) is 0.638. The maximum absolute atomic E-state index is 14.1. The normalized spacial score (nSPS) is 13.1. The van der Waals surface area contributed by atoms with Gasteiger partial charge in [0.1, 0.15) is 0 Å². The number of rotatable bonds is 9. The summed E-state index contributed by atoms with van der Waals surface area (Å²) < 4.78 is 23.6. The van der Waals surface area contributed by atoms with Crippen LogP contribution in [0.2, 0.25) is 5.02 Å². The molecular weight excluding hydrogens is 373 g/mol. The van der Waals surface area contributed by atoms with Crippen LogP contribution in [0, 0.1) is 5.82 Å². The summed E-state index contributed by atoms with van der Waals surface area (Å²) in [7, 11) is 1.24. The van der Waals surface area contributed by atoms with E-state index >= 15 is 0 Å². The highest BCUT2D eigenvalue weighted by atomic mass is 35.5. The Labute approximate surface area is 163 Å². The van der Waals surface area contributed by atoms with Gasteiger partial charge in [0.2, 0.25) is 0 Å². The summed E-state index contributed by atoms with van der Waals surface area (Å²) in [5, 5.41) is 14.0. The smallest absolute Gasteiger partial charge is 0.343 e. The van der Waals surface area contributed by atoms with Crippen LogP contribution in [0.4, 0.5) is 4.39 Å². The molecule has 0 aromatic heterocycles. The van der Waals surface area contributed by atoms with Gasteiger partial charge in [-0.15, -0.1) is 0 Å². The van der Waals surface area contributed by atoms with E-state index in [-0.39, 0.29) is 18.4 Å². The number of methoxy groups -OCH3 is 1. The highest BCUT2D eigenvalue weighted by Gasteiger charge is 2.12. The third-order valence-electron chi connectivity index (χ3n) is 4.00. The minimum atomic E-state index is -0.683. The molecule has 0 aliphatic rings. The standard InChI is InChI=1S/C20H23ClFNO4/c1-13(23-11-18(24)15-4-3-5-16(21)10-15)8-14-6-7-19(17(22)9-14)27-12-20(25)26-2/h3-7,9-10,13,18,23-24H,8,11-12H2,1-2H3. The molecule has 27 heavy (non-hydrogen) atoms. The Bertz CT molecular complexity index is 771. The Kier molecular flexibility index (Phi) is 8.03. The van der Waals surface area contributed by atoms with Gasteiger partial charge in [-0.2, -0.15) is 0 Å². The van der Waals surface area contributed by atoms with Gasteiger partial charge in [0, 0.05) is 17.6 Å². The van der Waals surface area contributed by atoms with E-state index in [9.17, 15) is 14.3 Å². The number of carbonyl (C=O) groups is 1. The number of aliphatic hydroxyl groups excluding tert-OH is 1. The van der Waals surface area contributed by atoms with Crippen molar-refractivity contribution in [1.29, 1.82) is 0 Å². The van der Waals surface area contributed by atoms with Crippen LogP contribution >= 0.6 is 11.6 Å². The Morgan fingerprint density at radius 3 is 2.74 bits per heavy atom. The van der Waals surface area contributed by atoms with Crippen LogP contribution in [-0.2, 0) is 16.0 Å². The molecule has 2 aromatic rings. The van der Waals surface area contributed by atoms with Gasteiger partial charge in [0.05, 0.1) is 13.2 Å². The summed E-state index contributed by atoms with van der Waals surface area (Å²) in [6, 6.07) is 11.7. The van der Waals surface area contributed by atoms with E-state index in [1.807, 2.05) is 13.0 Å². The van der Waals surface area contributed by atoms with Gasteiger partial charge in [-0.3, -0.25) is 0 Å². The number of carbonyl (C=O) groups excluding carboxylic acids is 1. The van der Waals surface area contributed by atoms with E-state index in [2.05, 4.69) is 10.1 Å². The van der Waals surface area contributed by atoms with E-state index in [0.717, 1.165) is 11.1 Å². The molecule has 2 unspecified atom stereocenters. The number of aliphatic hydroxyl groups is 1. The summed E-state index contributed by atoms with van der Waals surface area (Å²) in [5.74, 6) is -1.11. The lowest BCUT2D eigenvalue weighted by Crippen LogP contribution is -2.32. The number of halogens is 2. The lowest BCUT2D eigenvalue weighted by atomic mass is 10.1. The van der Waals surface area contributed by atoms with Crippen molar-refractivity contribution in [2.45, 2.75) is 25.5 Å². The molecule has 0 saturated heterocycles. The van der Waals surface area contributed by atoms with Gasteiger partial charge in [-0.05, 0) is 48.7 Å². The lowest BCUT2D eigenvalue weighted by Gasteiger charge is -2.18. The summed E-state index contributed by atoms with van der Waals surface area (Å²) in [6.45, 7) is 1.96. The molecule has 0 heterocycles. The molecule has 146 valence electrons. The molecule has 2 aromatic carbocycles. The molecule has 0 aliphatic carbocycles. The minimum Gasteiger partial charge on any atom is -0.479 e. The Morgan fingerprint density at radius 1 is 1.30 bits per heavy atom. The average Bonchev–Trinajstić information content (AvgIpc) is 2.65. The van der Waals surface area contributed by atoms with Crippen molar-refractivity contribution >= 4 is 17.6 Å². The van der Waals surface area contributed by atoms with Crippen LogP contribution in [0.3, 0.4) is 0 Å². The number of hydrogen-bond acceptors (Lipinski definition) is 5. The van der Waals surface area contributed by atoms with E-state index in [1.165, 1.54) is 19.2 Å². The minimum absolute atomic E-state index is 0.00106. The predicted octanol–water partition coefficient (Wildman–Crippen LogP) is 3.29. The van der Waals surface area contributed by atoms with Crippen LogP contribution in [0.25, 0.3) is 0 Å². The van der Waals surface area contributed by atoms with Crippen LogP contribution < -0.4 is 10.1 Å². The molecule has 0 aliphatic heterocycles. The van der Waals surface area contributed by atoms with Gasteiger partial charge in [-0.1, -0.05) is 29.8 Å². The second-order valence-corrected chi connectivity index (χ2v) is 6.65. The zero-order valence-corrected chi connectivity index (χ0v) is 16.0. The zero-order chi connectivity index (χ0) is 19.8. The second-order valence-electron chi connectivity index (χ2n) is 6.21. The summed E-state index contributed by atoms with van der Waals surface area (Å²) >= 11 is 5.93. The van der Waals surface area contributed by atoms with Gasteiger partial charge in [0.25, 0.3) is 0 Å². The summed E-state index contributed by atoms with van der Waals surface area (Å²) in [4.78, 5) is 11.1. The number of benzene rings is 2. The fraction of sp³-hybridized carbons (Fsp3) is 0.350. The van der Waals surface area contributed by atoms with Crippen molar-refractivity contribution in [3.05, 3.63) is 64.4 Å². The van der Waals surface area contributed by atoms with E-state index < -0.39 is 17.9 Å². The van der Waals surface area contributed by atoms with Crippen molar-refractivity contribution < 1.29 is 23.8 Å². The Morgan fingerprint density at radius 2 is 2.07 bits per heavy atom. The highest BCUT2D eigenvalue weighted by molar-refractivity contribution is 6.30. The molecule has 0 radical (unpaired) electrons. The number of ether oxygens (including phenoxy) is 2. The summed E-state index contributed by atoms with van der Waals surface area (Å²) in [6.07, 6.45) is -0.117. The fourth-order valence-electron chi connectivity index (χ4n) is 2.55. The van der Waals surface area contributed by atoms with Crippen LogP contribution in [-0.4, -0.2) is 37.4 Å². The largest absolute Gasteiger partial charge is 0.479 e. The highest BCUT2D eigenvalue weighted by Crippen LogP contribution is 2.20. The SMILES string of the molecule is COC(=O)COc1ccc(CC(C)NCC(O)c2cccc(Cl)c2)cc1F. The van der Waals surface area contributed by atoms with Gasteiger partial charge < -0.3 is 19.9 Å². The topological polar surface area (TPSA) is 67.8 Å². The first kappa shape index (κ1) is 21.2. The number of esters is 1. The van der Waals surface area contributed by atoms with Crippen molar-refractivity contribution in [1.82, 2.24) is 5.32 Å². The molecule has 2 N–H and O–H groups in total. The maximum Gasteiger partial charge on any atom is 0.343 e. The van der Waals surface area contributed by atoms with Crippen LogP contribution in [0.5, 0.6) is 5.75 Å². The van der Waals surface area contributed by atoms with Crippen molar-refractivity contribution in [2.24, 2.45) is 0 Å². The molecule has 0 amide bonds. The number of hydrogen-bond donors (Lipinski definition) is 2. The predicted molar refractivity (Wildman–Crippen MR) is 101 cm³/mol. The third kappa shape index (κ3) is 6.82. The monoisotopic (exact) mass is 395 g/mol. The Balaban J connectivity index is 1.85. The molecule has 5 nitrogen and oxygen atoms in total. The van der Waals surface area contributed by atoms with Gasteiger partial charge in [0.15, 0.2) is 18.2 Å². The molecule has 2 rings (SSSR count). The molecule has 2 atom stereocenters. The number of nitrogens with one attached hydrogen (secondary N) is 1. The van der Waals surface area contributed by atoms with Crippen molar-refractivity contribution in [3.63, 3.8) is 0 Å². The van der Waals surface area contributed by atoms with Crippen LogP contribution in [0.15, 0.2) is 42.5 Å². The van der Waals surface area contributed by atoms with E-state index in [0.29, 0.717) is 18.0 Å². The fourth-order valence-corrected chi connectivity index (χ4v) is 2.75. The summed E-state index contributed by atoms with van der Waals surface area (Å²) in [5.41, 5.74) is 1.51. The third-order valence-corrected chi connectivity index (χ3v) is 4.24. The Hall–Kier alpha value is -2.15. The zero-order valence-electron chi connectivity index (χ0n) is 15.2. The van der Waals surface area contributed by atoms with Gasteiger partial charge >= 0.3 is 5.97 Å². The molecule has 0 saturated carbocycles. The first-order valence-corrected chi connectivity index (χ1v) is 8.91. The van der Waals surface area contributed by atoms with E-state index in [4.69, 9.17) is 16.3 Å². The first-order valence-electron chi connectivity index (χ1n) is 8.54. The molecule has 0 bridgehead atoms. The average molecular weight is 396 g/mol. The first-order chi connectivity index (χ1) is 12.9. The van der Waals surface area contributed by atoms with E-state index in [1.54, 1.807) is 24.3 Å². The lowest BCUT2D eigenvalue weighted by molar-refractivity contribution is -0.142. The van der Waals surface area contributed by atoms with Crippen LogP contribution in [0.1, 0.15) is 24.2 Å². The van der Waals surface area contributed by atoms with Crippen molar-refractivity contribution in [2.75, 3.05) is 20.3 Å². The molecule has 0 spiro atoms. The van der Waals surface area contributed by atoms with Crippen molar-refractivity contribution in [3.8, 4) is 5.75 Å². The molecular formula is C20H23ClFNO4.